The van der Waals surface area contributed by atoms with Gasteiger partial charge in [0.05, 0.1) is 6.54 Å². The average molecular weight is 229 g/mol. The van der Waals surface area contributed by atoms with Crippen molar-refractivity contribution in [2.45, 2.75) is 33.7 Å². The molecule has 2 N–H and O–H groups in total. The van der Waals surface area contributed by atoms with E-state index in [1.54, 1.807) is 11.8 Å². The van der Waals surface area contributed by atoms with E-state index in [0.29, 0.717) is 13.1 Å². The molecule has 94 valence electrons. The van der Waals surface area contributed by atoms with Crippen molar-refractivity contribution in [3.8, 4) is 0 Å². The molecular formula is C11H23N3O2. The van der Waals surface area contributed by atoms with E-state index in [9.17, 15) is 9.59 Å². The van der Waals surface area contributed by atoms with Crippen LogP contribution >= 0.6 is 0 Å². The van der Waals surface area contributed by atoms with E-state index in [4.69, 9.17) is 0 Å². The first-order valence-corrected chi connectivity index (χ1v) is 5.85. The lowest BCUT2D eigenvalue weighted by Gasteiger charge is -2.23. The van der Waals surface area contributed by atoms with Gasteiger partial charge in [0.2, 0.25) is 11.8 Å². The fraction of sp³-hybridized carbons (Fsp3) is 0.818. The maximum atomic E-state index is 11.8. The first-order chi connectivity index (χ1) is 7.56. The van der Waals surface area contributed by atoms with Crippen LogP contribution in [0.15, 0.2) is 0 Å². The number of hydrogen-bond donors (Lipinski definition) is 2. The van der Waals surface area contributed by atoms with Crippen molar-refractivity contribution >= 4 is 11.8 Å². The number of carbonyl (C=O) groups excluding carboxylic acids is 2. The Bertz CT molecular complexity index is 227. The minimum Gasteiger partial charge on any atom is -0.343 e. The quantitative estimate of drug-likeness (QED) is 0.644. The standard InChI is InChI=1S/C11H23N3O2/c1-5-12-8-10(15)13-9(4)11(16)14(6-2)7-3/h9,12H,5-8H2,1-4H3,(H,13,15). The zero-order valence-corrected chi connectivity index (χ0v) is 10.7. The molecular weight excluding hydrogens is 206 g/mol. The summed E-state index contributed by atoms with van der Waals surface area (Å²) in [4.78, 5) is 24.9. The molecule has 0 radical (unpaired) electrons. The third-order valence-corrected chi connectivity index (χ3v) is 2.36. The van der Waals surface area contributed by atoms with E-state index in [-0.39, 0.29) is 18.4 Å². The summed E-state index contributed by atoms with van der Waals surface area (Å²) in [5.74, 6) is -0.176. The summed E-state index contributed by atoms with van der Waals surface area (Å²) in [5.41, 5.74) is 0. The van der Waals surface area contributed by atoms with Crippen molar-refractivity contribution in [2.75, 3.05) is 26.2 Å². The Kier molecular flexibility index (Phi) is 7.54. The fourth-order valence-electron chi connectivity index (χ4n) is 1.40. The molecule has 0 heterocycles. The number of rotatable bonds is 7. The molecule has 1 atom stereocenters. The molecule has 0 aliphatic carbocycles. The van der Waals surface area contributed by atoms with Gasteiger partial charge in [0, 0.05) is 13.1 Å². The number of carbonyl (C=O) groups is 2. The van der Waals surface area contributed by atoms with Gasteiger partial charge in [-0.15, -0.1) is 0 Å². The highest BCUT2D eigenvalue weighted by molar-refractivity contribution is 5.88. The van der Waals surface area contributed by atoms with Crippen LogP contribution in [0.1, 0.15) is 27.7 Å². The SMILES string of the molecule is CCNCC(=O)NC(C)C(=O)N(CC)CC. The van der Waals surface area contributed by atoms with Gasteiger partial charge in [-0.05, 0) is 27.3 Å². The Hall–Kier alpha value is -1.10. The van der Waals surface area contributed by atoms with Crippen molar-refractivity contribution in [1.82, 2.24) is 15.5 Å². The van der Waals surface area contributed by atoms with Crippen LogP contribution in [0, 0.1) is 0 Å². The van der Waals surface area contributed by atoms with E-state index < -0.39 is 6.04 Å². The lowest BCUT2D eigenvalue weighted by atomic mass is 10.2. The average Bonchev–Trinajstić information content (AvgIpc) is 2.27. The van der Waals surface area contributed by atoms with E-state index in [1.807, 2.05) is 20.8 Å². The van der Waals surface area contributed by atoms with Gasteiger partial charge in [-0.1, -0.05) is 6.92 Å². The van der Waals surface area contributed by atoms with Crippen LogP contribution in [-0.4, -0.2) is 48.9 Å². The number of likely N-dealkylation sites (N-methyl/N-ethyl adjacent to an activating group) is 2. The van der Waals surface area contributed by atoms with Gasteiger partial charge in [-0.3, -0.25) is 9.59 Å². The van der Waals surface area contributed by atoms with Crippen molar-refractivity contribution in [2.24, 2.45) is 0 Å². The Morgan fingerprint density at radius 1 is 1.19 bits per heavy atom. The Balaban J connectivity index is 4.08. The molecule has 16 heavy (non-hydrogen) atoms. The van der Waals surface area contributed by atoms with Crippen molar-refractivity contribution in [1.29, 1.82) is 0 Å². The van der Waals surface area contributed by atoms with E-state index in [1.165, 1.54) is 0 Å². The topological polar surface area (TPSA) is 61.4 Å². The zero-order chi connectivity index (χ0) is 12.6. The highest BCUT2D eigenvalue weighted by Crippen LogP contribution is 1.94. The second kappa shape index (κ2) is 8.10. The van der Waals surface area contributed by atoms with Gasteiger partial charge in [0.1, 0.15) is 6.04 Å². The van der Waals surface area contributed by atoms with Gasteiger partial charge in [0.25, 0.3) is 0 Å². The molecule has 0 saturated heterocycles. The van der Waals surface area contributed by atoms with Crippen LogP contribution in [0.2, 0.25) is 0 Å². The van der Waals surface area contributed by atoms with Crippen LogP contribution in [0.3, 0.4) is 0 Å². The Labute approximate surface area is 97.6 Å². The number of nitrogens with one attached hydrogen (secondary N) is 2. The molecule has 2 amide bonds. The molecule has 0 aromatic rings. The van der Waals surface area contributed by atoms with Crippen molar-refractivity contribution in [3.63, 3.8) is 0 Å². The Morgan fingerprint density at radius 3 is 2.19 bits per heavy atom. The predicted molar refractivity (Wildman–Crippen MR) is 64.1 cm³/mol. The van der Waals surface area contributed by atoms with E-state index in [0.717, 1.165) is 6.54 Å². The molecule has 5 heteroatoms. The maximum Gasteiger partial charge on any atom is 0.244 e. The summed E-state index contributed by atoms with van der Waals surface area (Å²) in [6, 6.07) is -0.453. The normalized spacial score (nSPS) is 12.0. The summed E-state index contributed by atoms with van der Waals surface area (Å²) in [6.07, 6.45) is 0. The van der Waals surface area contributed by atoms with Gasteiger partial charge in [0.15, 0.2) is 0 Å². The lowest BCUT2D eigenvalue weighted by molar-refractivity contribution is -0.135. The maximum absolute atomic E-state index is 11.8. The molecule has 0 aliphatic rings. The molecule has 0 saturated carbocycles. The number of amides is 2. The second-order valence-electron chi connectivity index (χ2n) is 3.58. The van der Waals surface area contributed by atoms with Crippen LogP contribution in [0.5, 0.6) is 0 Å². The zero-order valence-electron chi connectivity index (χ0n) is 10.7. The fourth-order valence-corrected chi connectivity index (χ4v) is 1.40. The van der Waals surface area contributed by atoms with Crippen LogP contribution in [-0.2, 0) is 9.59 Å². The molecule has 5 nitrogen and oxygen atoms in total. The number of nitrogens with zero attached hydrogens (tertiary/aromatic N) is 1. The summed E-state index contributed by atoms with van der Waals surface area (Å²) < 4.78 is 0. The summed E-state index contributed by atoms with van der Waals surface area (Å²) in [6.45, 7) is 9.83. The van der Waals surface area contributed by atoms with Crippen LogP contribution in [0.4, 0.5) is 0 Å². The largest absolute Gasteiger partial charge is 0.343 e. The van der Waals surface area contributed by atoms with Gasteiger partial charge in [-0.25, -0.2) is 0 Å². The highest BCUT2D eigenvalue weighted by Gasteiger charge is 2.19. The second-order valence-corrected chi connectivity index (χ2v) is 3.58. The molecule has 0 aromatic heterocycles. The summed E-state index contributed by atoms with van der Waals surface area (Å²) in [7, 11) is 0. The molecule has 0 aromatic carbocycles. The van der Waals surface area contributed by atoms with Gasteiger partial charge >= 0.3 is 0 Å². The molecule has 0 aliphatic heterocycles. The first-order valence-electron chi connectivity index (χ1n) is 5.85. The molecule has 0 rings (SSSR count). The monoisotopic (exact) mass is 229 g/mol. The number of hydrogen-bond acceptors (Lipinski definition) is 3. The molecule has 0 spiro atoms. The molecule has 0 bridgehead atoms. The van der Waals surface area contributed by atoms with E-state index >= 15 is 0 Å². The molecule has 0 fully saturated rings. The Morgan fingerprint density at radius 2 is 1.75 bits per heavy atom. The summed E-state index contributed by atoms with van der Waals surface area (Å²) in [5, 5.41) is 5.58. The first kappa shape index (κ1) is 14.9. The molecule has 1 unspecified atom stereocenters. The third-order valence-electron chi connectivity index (χ3n) is 2.36. The minimum atomic E-state index is -0.453. The highest BCUT2D eigenvalue weighted by atomic mass is 16.2. The van der Waals surface area contributed by atoms with Crippen LogP contribution < -0.4 is 10.6 Å². The van der Waals surface area contributed by atoms with Crippen molar-refractivity contribution in [3.05, 3.63) is 0 Å². The van der Waals surface area contributed by atoms with E-state index in [2.05, 4.69) is 10.6 Å². The lowest BCUT2D eigenvalue weighted by Crippen LogP contribution is -2.48. The minimum absolute atomic E-state index is 0.0325. The van der Waals surface area contributed by atoms with Crippen molar-refractivity contribution < 1.29 is 9.59 Å². The van der Waals surface area contributed by atoms with Gasteiger partial charge in [-0.2, -0.15) is 0 Å². The van der Waals surface area contributed by atoms with Gasteiger partial charge < -0.3 is 15.5 Å². The predicted octanol–water partition coefficient (Wildman–Crippen LogP) is -0.0310. The van der Waals surface area contributed by atoms with Crippen LogP contribution in [0.25, 0.3) is 0 Å². The smallest absolute Gasteiger partial charge is 0.244 e. The summed E-state index contributed by atoms with van der Waals surface area (Å²) >= 11 is 0. The third kappa shape index (κ3) is 5.11.